The average Bonchev–Trinajstić information content (AvgIpc) is 2.88. The molecule has 0 radical (unpaired) electrons. The Kier molecular flexibility index (Phi) is 9.58. The number of nitrogens with zero attached hydrogens (tertiary/aromatic N) is 4. The SMILES string of the molecule is CCOC(=O)C1CCCN(C(=O)c2ccc(CSc3nc(N(CC)CC)cc(C(F)(F)F)n3)cc2)C1. The first kappa shape index (κ1) is 27.8. The van der Waals surface area contributed by atoms with Crippen molar-refractivity contribution in [3.63, 3.8) is 0 Å². The van der Waals surface area contributed by atoms with Crippen molar-refractivity contribution in [1.82, 2.24) is 14.9 Å². The first-order valence-corrected chi connectivity index (χ1v) is 13.0. The lowest BCUT2D eigenvalue weighted by Gasteiger charge is -2.31. The lowest BCUT2D eigenvalue weighted by Crippen LogP contribution is -2.42. The molecular weight excluding hydrogens is 493 g/mol. The maximum Gasteiger partial charge on any atom is 0.433 e. The van der Waals surface area contributed by atoms with E-state index in [1.807, 2.05) is 13.8 Å². The molecular formula is C25H31F3N4O3S. The van der Waals surface area contributed by atoms with Crippen molar-refractivity contribution in [2.24, 2.45) is 5.92 Å². The van der Waals surface area contributed by atoms with Crippen LogP contribution in [0, 0.1) is 5.92 Å². The summed E-state index contributed by atoms with van der Waals surface area (Å²) in [7, 11) is 0. The predicted octanol–water partition coefficient (Wildman–Crippen LogP) is 5.05. The van der Waals surface area contributed by atoms with Crippen molar-refractivity contribution in [3.05, 3.63) is 47.2 Å². The summed E-state index contributed by atoms with van der Waals surface area (Å²) in [6, 6.07) is 7.91. The third-order valence-electron chi connectivity index (χ3n) is 5.97. The number of amides is 1. The van der Waals surface area contributed by atoms with E-state index in [1.165, 1.54) is 0 Å². The van der Waals surface area contributed by atoms with Crippen LogP contribution in [0.2, 0.25) is 0 Å². The second-order valence-electron chi connectivity index (χ2n) is 8.39. The second kappa shape index (κ2) is 12.4. The number of carbonyl (C=O) groups is 2. The van der Waals surface area contributed by atoms with Crippen LogP contribution < -0.4 is 4.90 Å². The summed E-state index contributed by atoms with van der Waals surface area (Å²) >= 11 is 1.11. The summed E-state index contributed by atoms with van der Waals surface area (Å²) in [5, 5.41) is 0.0465. The number of hydrogen-bond donors (Lipinski definition) is 0. The van der Waals surface area contributed by atoms with Gasteiger partial charge in [0, 0.05) is 43.6 Å². The van der Waals surface area contributed by atoms with E-state index in [9.17, 15) is 22.8 Å². The molecule has 1 aromatic heterocycles. The molecule has 1 aliphatic heterocycles. The largest absolute Gasteiger partial charge is 0.466 e. The normalized spacial score (nSPS) is 16.1. The molecule has 2 aromatic rings. The van der Waals surface area contributed by atoms with Gasteiger partial charge in [0.1, 0.15) is 5.82 Å². The summed E-state index contributed by atoms with van der Waals surface area (Å²) in [6.45, 7) is 7.75. The molecule has 1 atom stereocenters. The van der Waals surface area contributed by atoms with Gasteiger partial charge in [-0.2, -0.15) is 13.2 Å². The van der Waals surface area contributed by atoms with Gasteiger partial charge in [-0.15, -0.1) is 0 Å². The standard InChI is InChI=1S/C25H31F3N4O3S/c1-4-31(5-2)21-14-20(25(26,27)28)29-24(30-21)36-16-17-9-11-18(12-10-17)22(33)32-13-7-8-19(15-32)23(34)35-6-3/h9-12,14,19H,4-8,13,15-16H2,1-3H3. The van der Waals surface area contributed by atoms with Crippen LogP contribution in [-0.4, -0.2) is 59.5 Å². The van der Waals surface area contributed by atoms with E-state index < -0.39 is 11.9 Å². The zero-order valence-electron chi connectivity index (χ0n) is 20.7. The third kappa shape index (κ3) is 7.11. The van der Waals surface area contributed by atoms with E-state index in [4.69, 9.17) is 4.74 Å². The Hall–Kier alpha value is -2.82. The number of esters is 1. The summed E-state index contributed by atoms with van der Waals surface area (Å²) in [4.78, 5) is 36.5. The molecule has 0 bridgehead atoms. The van der Waals surface area contributed by atoms with Gasteiger partial charge in [-0.1, -0.05) is 23.9 Å². The Morgan fingerprint density at radius 1 is 1.14 bits per heavy atom. The number of thioether (sulfide) groups is 1. The minimum atomic E-state index is -4.57. The minimum absolute atomic E-state index is 0.0465. The van der Waals surface area contributed by atoms with Gasteiger partial charge in [-0.3, -0.25) is 9.59 Å². The van der Waals surface area contributed by atoms with Crippen molar-refractivity contribution in [3.8, 4) is 0 Å². The Morgan fingerprint density at radius 3 is 2.44 bits per heavy atom. The van der Waals surface area contributed by atoms with E-state index in [2.05, 4.69) is 9.97 Å². The Bertz CT molecular complexity index is 1050. The van der Waals surface area contributed by atoms with Crippen LogP contribution in [0.4, 0.5) is 19.0 Å². The lowest BCUT2D eigenvalue weighted by atomic mass is 9.97. The van der Waals surface area contributed by atoms with Crippen molar-refractivity contribution in [2.75, 3.05) is 37.7 Å². The maximum absolute atomic E-state index is 13.4. The maximum atomic E-state index is 13.4. The van der Waals surface area contributed by atoms with Crippen LogP contribution in [0.25, 0.3) is 0 Å². The Labute approximate surface area is 213 Å². The Morgan fingerprint density at radius 2 is 1.83 bits per heavy atom. The fourth-order valence-corrected chi connectivity index (χ4v) is 4.83. The van der Waals surface area contributed by atoms with Crippen LogP contribution >= 0.6 is 11.8 Å². The number of alkyl halides is 3. The summed E-state index contributed by atoms with van der Waals surface area (Å²) in [5.41, 5.74) is 0.350. The van der Waals surface area contributed by atoms with Gasteiger partial charge >= 0.3 is 12.1 Å². The van der Waals surface area contributed by atoms with Crippen molar-refractivity contribution in [2.45, 2.75) is 50.7 Å². The highest BCUT2D eigenvalue weighted by Crippen LogP contribution is 2.32. The van der Waals surface area contributed by atoms with Gasteiger partial charge in [0.15, 0.2) is 10.9 Å². The van der Waals surface area contributed by atoms with Gasteiger partial charge in [0.25, 0.3) is 5.91 Å². The molecule has 1 amide bonds. The highest BCUT2D eigenvalue weighted by molar-refractivity contribution is 7.98. The molecule has 1 fully saturated rings. The molecule has 11 heteroatoms. The summed E-state index contributed by atoms with van der Waals surface area (Å²) in [5.74, 6) is -0.153. The minimum Gasteiger partial charge on any atom is -0.466 e. The van der Waals surface area contributed by atoms with Crippen LogP contribution in [0.15, 0.2) is 35.5 Å². The molecule has 3 rings (SSSR count). The molecule has 1 unspecified atom stereocenters. The molecule has 36 heavy (non-hydrogen) atoms. The van der Waals surface area contributed by atoms with Crippen LogP contribution in [-0.2, 0) is 21.5 Å². The molecule has 1 aromatic carbocycles. The van der Waals surface area contributed by atoms with Crippen molar-refractivity contribution < 1.29 is 27.5 Å². The van der Waals surface area contributed by atoms with Gasteiger partial charge in [-0.05, 0) is 51.3 Å². The van der Waals surface area contributed by atoms with E-state index in [-0.39, 0.29) is 28.8 Å². The molecule has 2 heterocycles. The fourth-order valence-electron chi connectivity index (χ4n) is 4.02. The predicted molar refractivity (Wildman–Crippen MR) is 132 cm³/mol. The van der Waals surface area contributed by atoms with Crippen molar-refractivity contribution in [1.29, 1.82) is 0 Å². The zero-order valence-corrected chi connectivity index (χ0v) is 21.5. The number of piperidine rings is 1. The quantitative estimate of drug-likeness (QED) is 0.258. The number of aromatic nitrogens is 2. The van der Waals surface area contributed by atoms with Crippen molar-refractivity contribution >= 4 is 29.5 Å². The molecule has 196 valence electrons. The van der Waals surface area contributed by atoms with E-state index >= 15 is 0 Å². The smallest absolute Gasteiger partial charge is 0.433 e. The Balaban J connectivity index is 1.67. The number of halogens is 3. The van der Waals surface area contributed by atoms with Gasteiger partial charge < -0.3 is 14.5 Å². The van der Waals surface area contributed by atoms with E-state index in [0.717, 1.165) is 29.8 Å². The number of benzene rings is 1. The molecule has 0 N–H and O–H groups in total. The van der Waals surface area contributed by atoms with E-state index in [0.29, 0.717) is 50.5 Å². The third-order valence-corrected chi connectivity index (χ3v) is 6.89. The van der Waals surface area contributed by atoms with E-state index in [1.54, 1.807) is 41.0 Å². The van der Waals surface area contributed by atoms with Crippen LogP contribution in [0.1, 0.15) is 55.2 Å². The number of anilines is 1. The first-order valence-electron chi connectivity index (χ1n) is 12.0. The monoisotopic (exact) mass is 524 g/mol. The molecule has 0 saturated carbocycles. The molecule has 1 aliphatic rings. The fraction of sp³-hybridized carbons (Fsp3) is 0.520. The summed E-state index contributed by atoms with van der Waals surface area (Å²) < 4.78 is 45.2. The number of likely N-dealkylation sites (tertiary alicyclic amines) is 1. The van der Waals surface area contributed by atoms with Crippen LogP contribution in [0.5, 0.6) is 0 Å². The number of hydrogen-bond acceptors (Lipinski definition) is 7. The highest BCUT2D eigenvalue weighted by Gasteiger charge is 2.34. The summed E-state index contributed by atoms with van der Waals surface area (Å²) in [6.07, 6.45) is -3.13. The van der Waals surface area contributed by atoms with Gasteiger partial charge in [-0.25, -0.2) is 9.97 Å². The molecule has 0 aliphatic carbocycles. The first-order chi connectivity index (χ1) is 17.2. The molecule has 1 saturated heterocycles. The zero-order chi connectivity index (χ0) is 26.3. The lowest BCUT2D eigenvalue weighted by molar-refractivity contribution is -0.149. The topological polar surface area (TPSA) is 75.6 Å². The van der Waals surface area contributed by atoms with Gasteiger partial charge in [0.2, 0.25) is 0 Å². The average molecular weight is 525 g/mol. The molecule has 7 nitrogen and oxygen atoms in total. The molecule has 0 spiro atoms. The number of rotatable bonds is 9. The second-order valence-corrected chi connectivity index (χ2v) is 9.33. The highest BCUT2D eigenvalue weighted by atomic mass is 32.2. The van der Waals surface area contributed by atoms with Crippen LogP contribution in [0.3, 0.4) is 0 Å². The number of carbonyl (C=O) groups excluding carboxylic acids is 2. The number of ether oxygens (including phenoxy) is 1. The van der Waals surface area contributed by atoms with Gasteiger partial charge in [0.05, 0.1) is 12.5 Å².